The molecule has 0 atom stereocenters. The summed E-state index contributed by atoms with van der Waals surface area (Å²) in [6.07, 6.45) is 4.00. The maximum absolute atomic E-state index is 12.5. The third-order valence-corrected chi connectivity index (χ3v) is 5.09. The van der Waals surface area contributed by atoms with Gasteiger partial charge in [-0.1, -0.05) is 0 Å². The van der Waals surface area contributed by atoms with Gasteiger partial charge in [-0.2, -0.15) is 0 Å². The molecule has 3 aliphatic rings. The molecule has 0 saturated carbocycles. The number of allylic oxidation sites excluding steroid dienone is 1. The molecule has 0 bridgehead atoms. The van der Waals surface area contributed by atoms with Gasteiger partial charge in [-0.25, -0.2) is 0 Å². The molecule has 25 heavy (non-hydrogen) atoms. The van der Waals surface area contributed by atoms with Crippen molar-refractivity contribution in [1.82, 2.24) is 14.9 Å². The largest absolute Gasteiger partial charge is 0.469 e. The molecule has 4 heterocycles. The number of nitrogens with zero attached hydrogens (tertiary/aromatic N) is 2. The molecule has 5 rings (SSSR count). The third kappa shape index (κ3) is 2.05. The van der Waals surface area contributed by atoms with E-state index in [1.54, 1.807) is 6.07 Å². The summed E-state index contributed by atoms with van der Waals surface area (Å²) in [7, 11) is 0. The monoisotopic (exact) mass is 338 g/mol. The highest BCUT2D eigenvalue weighted by Crippen LogP contribution is 2.40. The number of ketones is 1. The predicted octanol–water partition coefficient (Wildman–Crippen LogP) is 2.67. The zero-order valence-electron chi connectivity index (χ0n) is 13.9. The Kier molecular flexibility index (Phi) is 2.89. The number of amides is 1. The van der Waals surface area contributed by atoms with Gasteiger partial charge >= 0.3 is 0 Å². The lowest BCUT2D eigenvalue weighted by Crippen LogP contribution is -2.28. The van der Waals surface area contributed by atoms with Crippen LogP contribution in [0.25, 0.3) is 6.08 Å². The van der Waals surface area contributed by atoms with Crippen LogP contribution < -0.4 is 9.64 Å². The summed E-state index contributed by atoms with van der Waals surface area (Å²) in [5, 5.41) is 0. The summed E-state index contributed by atoms with van der Waals surface area (Å²) in [5.74, 6) is 2.23. The number of Topliss-reactive ketones (excluding diaryl/α,β-unsaturated/α-hetero) is 1. The molecule has 2 N–H and O–H groups in total. The van der Waals surface area contributed by atoms with E-state index < -0.39 is 0 Å². The lowest BCUT2D eigenvalue weighted by molar-refractivity contribution is 0.0787. The van der Waals surface area contributed by atoms with Crippen molar-refractivity contribution in [3.8, 4) is 5.75 Å². The SMILES string of the molecule is CC1=Cc2cc(N3COc4cc(C(=O)N5CCCC5)[nH]c43)[nH]c2C1=O. The topological polar surface area (TPSA) is 81.4 Å². The van der Waals surface area contributed by atoms with Crippen LogP contribution in [0.15, 0.2) is 17.7 Å². The van der Waals surface area contributed by atoms with E-state index in [1.165, 1.54) is 0 Å². The number of H-pyrrole nitrogens is 2. The van der Waals surface area contributed by atoms with Gasteiger partial charge in [0.25, 0.3) is 5.91 Å². The minimum absolute atomic E-state index is 0.0122. The molecule has 1 saturated heterocycles. The standard InChI is InChI=1S/C18H18N4O3/c1-10-6-11-7-14(20-15(11)16(10)23)22-9-25-13-8-12(19-17(13)22)18(24)21-4-2-3-5-21/h6-8,19-20H,2-5,9H2,1H3. The average molecular weight is 338 g/mol. The quantitative estimate of drug-likeness (QED) is 0.882. The Hall–Kier alpha value is -2.96. The first-order valence-corrected chi connectivity index (χ1v) is 8.50. The maximum atomic E-state index is 12.5. The number of ether oxygens (including phenoxy) is 1. The minimum Gasteiger partial charge on any atom is -0.469 e. The van der Waals surface area contributed by atoms with Crippen LogP contribution in [0.3, 0.4) is 0 Å². The number of fused-ring (bicyclic) bond motifs is 2. The van der Waals surface area contributed by atoms with Crippen molar-refractivity contribution in [1.29, 1.82) is 0 Å². The third-order valence-electron chi connectivity index (χ3n) is 5.09. The molecule has 0 radical (unpaired) electrons. The van der Waals surface area contributed by atoms with Gasteiger partial charge in [-0.05, 0) is 37.5 Å². The number of aromatic nitrogens is 2. The number of anilines is 2. The Labute approximate surface area is 144 Å². The molecule has 2 aromatic heterocycles. The molecule has 2 aliphatic heterocycles. The number of likely N-dealkylation sites (tertiary alicyclic amines) is 1. The highest BCUT2D eigenvalue weighted by Gasteiger charge is 2.31. The Balaban J connectivity index is 1.46. The van der Waals surface area contributed by atoms with E-state index in [4.69, 9.17) is 4.74 Å². The molecule has 1 amide bonds. The lowest BCUT2D eigenvalue weighted by Gasteiger charge is -2.16. The van der Waals surface area contributed by atoms with Crippen molar-refractivity contribution in [3.05, 3.63) is 34.7 Å². The zero-order chi connectivity index (χ0) is 17.1. The molecule has 0 unspecified atom stereocenters. The summed E-state index contributed by atoms with van der Waals surface area (Å²) < 4.78 is 5.71. The minimum atomic E-state index is 0.0122. The van der Waals surface area contributed by atoms with Crippen molar-refractivity contribution in [2.24, 2.45) is 0 Å². The molecule has 0 spiro atoms. The predicted molar refractivity (Wildman–Crippen MR) is 92.3 cm³/mol. The van der Waals surface area contributed by atoms with Gasteiger partial charge in [-0.15, -0.1) is 0 Å². The Morgan fingerprint density at radius 3 is 2.76 bits per heavy atom. The molecular formula is C18H18N4O3. The fourth-order valence-electron chi connectivity index (χ4n) is 3.73. The van der Waals surface area contributed by atoms with E-state index in [9.17, 15) is 9.59 Å². The van der Waals surface area contributed by atoms with Crippen LogP contribution in [-0.2, 0) is 0 Å². The Morgan fingerprint density at radius 2 is 2.00 bits per heavy atom. The number of aromatic amines is 2. The molecular weight excluding hydrogens is 320 g/mol. The molecule has 7 nitrogen and oxygen atoms in total. The van der Waals surface area contributed by atoms with Gasteiger partial charge in [0, 0.05) is 24.7 Å². The van der Waals surface area contributed by atoms with Gasteiger partial charge in [0.1, 0.15) is 11.5 Å². The second-order valence-corrected chi connectivity index (χ2v) is 6.74. The summed E-state index contributed by atoms with van der Waals surface area (Å²) in [4.78, 5) is 34.8. The second-order valence-electron chi connectivity index (χ2n) is 6.74. The molecule has 1 fully saturated rings. The number of hydrogen-bond donors (Lipinski definition) is 2. The summed E-state index contributed by atoms with van der Waals surface area (Å²) in [5.41, 5.74) is 2.79. The van der Waals surface area contributed by atoms with E-state index in [2.05, 4.69) is 9.97 Å². The maximum Gasteiger partial charge on any atom is 0.270 e. The summed E-state index contributed by atoms with van der Waals surface area (Å²) in [6.45, 7) is 3.78. The molecule has 7 heteroatoms. The molecule has 0 aromatic carbocycles. The van der Waals surface area contributed by atoms with E-state index in [0.717, 1.165) is 48.7 Å². The summed E-state index contributed by atoms with van der Waals surface area (Å²) in [6, 6.07) is 3.70. The van der Waals surface area contributed by atoms with Crippen LogP contribution in [0.5, 0.6) is 5.75 Å². The van der Waals surface area contributed by atoms with Gasteiger partial charge in [0.05, 0.1) is 5.69 Å². The van der Waals surface area contributed by atoms with Crippen molar-refractivity contribution < 1.29 is 14.3 Å². The zero-order valence-corrected chi connectivity index (χ0v) is 13.9. The number of hydrogen-bond acceptors (Lipinski definition) is 4. The van der Waals surface area contributed by atoms with Gasteiger partial charge in [0.2, 0.25) is 5.78 Å². The molecule has 1 aliphatic carbocycles. The molecule has 2 aromatic rings. The van der Waals surface area contributed by atoms with E-state index in [0.29, 0.717) is 23.9 Å². The first-order chi connectivity index (χ1) is 12.1. The van der Waals surface area contributed by atoms with Crippen LogP contribution in [0, 0.1) is 0 Å². The Bertz CT molecular complexity index is 930. The van der Waals surface area contributed by atoms with Gasteiger partial charge in [0.15, 0.2) is 18.3 Å². The highest BCUT2D eigenvalue weighted by molar-refractivity contribution is 6.17. The fourth-order valence-corrected chi connectivity index (χ4v) is 3.73. The van der Waals surface area contributed by atoms with Crippen molar-refractivity contribution in [2.45, 2.75) is 19.8 Å². The van der Waals surface area contributed by atoms with Gasteiger partial charge < -0.3 is 19.6 Å². The van der Waals surface area contributed by atoms with Crippen molar-refractivity contribution in [2.75, 3.05) is 24.7 Å². The second kappa shape index (κ2) is 5.02. The normalized spacial score (nSPS) is 18.4. The lowest BCUT2D eigenvalue weighted by atomic mass is 10.2. The smallest absolute Gasteiger partial charge is 0.270 e. The van der Waals surface area contributed by atoms with Crippen LogP contribution in [0.4, 0.5) is 11.6 Å². The number of carbonyl (C=O) groups excluding carboxylic acids is 2. The molecule has 128 valence electrons. The van der Waals surface area contributed by atoms with Crippen molar-refractivity contribution >= 4 is 29.4 Å². The highest BCUT2D eigenvalue weighted by atomic mass is 16.5. The average Bonchev–Trinajstić information content (AvgIpc) is 3.36. The van der Waals surface area contributed by atoms with Gasteiger partial charge in [-0.3, -0.25) is 14.5 Å². The number of carbonyl (C=O) groups is 2. The Morgan fingerprint density at radius 1 is 1.20 bits per heavy atom. The first-order valence-electron chi connectivity index (χ1n) is 8.50. The first kappa shape index (κ1) is 14.4. The van der Waals surface area contributed by atoms with Crippen LogP contribution in [0.1, 0.15) is 46.3 Å². The summed E-state index contributed by atoms with van der Waals surface area (Å²) >= 11 is 0. The van der Waals surface area contributed by atoms with Crippen LogP contribution >= 0.6 is 0 Å². The van der Waals surface area contributed by atoms with Crippen LogP contribution in [0.2, 0.25) is 0 Å². The van der Waals surface area contributed by atoms with E-state index in [-0.39, 0.29) is 11.7 Å². The van der Waals surface area contributed by atoms with E-state index >= 15 is 0 Å². The van der Waals surface area contributed by atoms with Crippen molar-refractivity contribution in [3.63, 3.8) is 0 Å². The fraction of sp³-hybridized carbons (Fsp3) is 0.333. The number of nitrogens with one attached hydrogen (secondary N) is 2. The number of rotatable bonds is 2. The van der Waals surface area contributed by atoms with E-state index in [1.807, 2.05) is 28.9 Å². The van der Waals surface area contributed by atoms with Crippen LogP contribution in [-0.4, -0.2) is 46.4 Å².